The lowest BCUT2D eigenvalue weighted by molar-refractivity contribution is -0.120. The van der Waals surface area contributed by atoms with Gasteiger partial charge in [-0.15, -0.1) is 0 Å². The number of rotatable bonds is 15. The van der Waals surface area contributed by atoms with E-state index in [1.807, 2.05) is 18.2 Å². The quantitative estimate of drug-likeness (QED) is 0.319. The highest BCUT2D eigenvalue weighted by molar-refractivity contribution is 5.80. The highest BCUT2D eigenvalue weighted by atomic mass is 16.5. The number of benzene rings is 1. The number of hydrogen-bond acceptors (Lipinski definition) is 5. The molecule has 2 amide bonds. The minimum absolute atomic E-state index is 0.175. The molecule has 32 heavy (non-hydrogen) atoms. The number of carbonyl (C=O) groups excluding carboxylic acids is 2. The Labute approximate surface area is 193 Å². The molecule has 7 nitrogen and oxygen atoms in total. The normalized spacial score (nSPS) is 15.9. The Bertz CT molecular complexity index is 648. The minimum Gasteiger partial charge on any atom is -0.396 e. The van der Waals surface area contributed by atoms with Crippen LogP contribution in [0.25, 0.3) is 0 Å². The molecule has 1 aromatic rings. The lowest BCUT2D eigenvalue weighted by Gasteiger charge is -2.45. The van der Waals surface area contributed by atoms with Crippen LogP contribution in [0.2, 0.25) is 0 Å². The Morgan fingerprint density at radius 1 is 1.12 bits per heavy atom. The Hall–Kier alpha value is -1.96. The van der Waals surface area contributed by atoms with E-state index in [1.165, 1.54) is 5.56 Å². The van der Waals surface area contributed by atoms with Crippen LogP contribution in [0.1, 0.15) is 56.9 Å². The molecule has 1 fully saturated rings. The van der Waals surface area contributed by atoms with Gasteiger partial charge >= 0.3 is 6.03 Å². The number of hydrogen-bond donors (Lipinski definition) is 2. The Kier molecular flexibility index (Phi) is 12.3. The molecular formula is C25H41N3O4. The number of aldehydes is 1. The smallest absolute Gasteiger partial charge is 0.318 e. The molecule has 1 aliphatic heterocycles. The average Bonchev–Trinajstić information content (AvgIpc) is 2.83. The van der Waals surface area contributed by atoms with Gasteiger partial charge in [-0.2, -0.15) is 0 Å². The zero-order valence-corrected chi connectivity index (χ0v) is 19.6. The predicted molar refractivity (Wildman–Crippen MR) is 127 cm³/mol. The van der Waals surface area contributed by atoms with Crippen LogP contribution in [0.4, 0.5) is 4.79 Å². The maximum absolute atomic E-state index is 13.0. The highest BCUT2D eigenvalue weighted by Crippen LogP contribution is 2.28. The fourth-order valence-electron chi connectivity index (χ4n) is 4.34. The van der Waals surface area contributed by atoms with Crippen molar-refractivity contribution in [1.82, 2.24) is 15.1 Å². The van der Waals surface area contributed by atoms with E-state index in [0.717, 1.165) is 64.4 Å². The zero-order chi connectivity index (χ0) is 23.1. The van der Waals surface area contributed by atoms with Crippen molar-refractivity contribution in [3.63, 3.8) is 0 Å². The summed E-state index contributed by atoms with van der Waals surface area (Å²) in [4.78, 5) is 29.3. The number of aliphatic hydroxyl groups excluding tert-OH is 1. The molecule has 0 aromatic heterocycles. The maximum atomic E-state index is 13.0. The van der Waals surface area contributed by atoms with E-state index in [-0.39, 0.29) is 12.6 Å². The number of methoxy groups -OCH3 is 1. The van der Waals surface area contributed by atoms with Gasteiger partial charge in [-0.1, -0.05) is 56.0 Å². The number of aliphatic hydroxyl groups is 1. The first-order chi connectivity index (χ1) is 15.6. The molecule has 0 saturated carbocycles. The zero-order valence-electron chi connectivity index (χ0n) is 19.6. The summed E-state index contributed by atoms with van der Waals surface area (Å²) in [7, 11) is 1.61. The summed E-state index contributed by atoms with van der Waals surface area (Å²) in [6.45, 7) is 4.09. The van der Waals surface area contributed by atoms with Crippen LogP contribution in [0, 0.1) is 0 Å². The van der Waals surface area contributed by atoms with Gasteiger partial charge in [-0.25, -0.2) is 4.79 Å². The molecule has 0 atom stereocenters. The third kappa shape index (κ3) is 8.52. The van der Waals surface area contributed by atoms with Gasteiger partial charge in [0.1, 0.15) is 11.8 Å². The van der Waals surface area contributed by atoms with E-state index in [2.05, 4.69) is 22.3 Å². The van der Waals surface area contributed by atoms with Crippen molar-refractivity contribution in [3.8, 4) is 0 Å². The number of urea groups is 1. The summed E-state index contributed by atoms with van der Waals surface area (Å²) in [6, 6.07) is 10.2. The van der Waals surface area contributed by atoms with Crippen molar-refractivity contribution >= 4 is 12.3 Å². The van der Waals surface area contributed by atoms with E-state index in [9.17, 15) is 9.59 Å². The van der Waals surface area contributed by atoms with E-state index in [4.69, 9.17) is 9.84 Å². The van der Waals surface area contributed by atoms with Crippen molar-refractivity contribution in [1.29, 1.82) is 0 Å². The number of amides is 2. The van der Waals surface area contributed by atoms with Gasteiger partial charge in [0.2, 0.25) is 0 Å². The first kappa shape index (κ1) is 26.3. The van der Waals surface area contributed by atoms with Crippen LogP contribution in [0.3, 0.4) is 0 Å². The van der Waals surface area contributed by atoms with Gasteiger partial charge in [0.15, 0.2) is 0 Å². The number of ether oxygens (including phenoxy) is 1. The maximum Gasteiger partial charge on any atom is 0.318 e. The second kappa shape index (κ2) is 15.0. The molecule has 1 saturated heterocycles. The first-order valence-electron chi connectivity index (χ1n) is 12.0. The molecule has 0 radical (unpaired) electrons. The molecule has 7 heteroatoms. The van der Waals surface area contributed by atoms with E-state index < -0.39 is 5.54 Å². The topological polar surface area (TPSA) is 82.1 Å². The average molecular weight is 448 g/mol. The number of likely N-dealkylation sites (tertiary alicyclic amines) is 1. The lowest BCUT2D eigenvalue weighted by atomic mass is 9.87. The Morgan fingerprint density at radius 2 is 1.78 bits per heavy atom. The fourth-order valence-corrected chi connectivity index (χ4v) is 4.34. The third-order valence-corrected chi connectivity index (χ3v) is 6.35. The number of piperidine rings is 1. The van der Waals surface area contributed by atoms with Crippen LogP contribution in [0.5, 0.6) is 0 Å². The van der Waals surface area contributed by atoms with Gasteiger partial charge < -0.3 is 24.9 Å². The van der Waals surface area contributed by atoms with Crippen LogP contribution >= 0.6 is 0 Å². The Balaban J connectivity index is 1.85. The number of carbonyl (C=O) groups is 2. The molecule has 1 aromatic carbocycles. The van der Waals surface area contributed by atoms with Crippen molar-refractivity contribution in [2.45, 2.75) is 63.5 Å². The highest BCUT2D eigenvalue weighted by Gasteiger charge is 2.42. The largest absolute Gasteiger partial charge is 0.396 e. The van der Waals surface area contributed by atoms with Crippen molar-refractivity contribution < 1.29 is 19.4 Å². The molecule has 0 spiro atoms. The minimum atomic E-state index is -0.778. The molecule has 0 bridgehead atoms. The van der Waals surface area contributed by atoms with Gasteiger partial charge in [0.25, 0.3) is 0 Å². The van der Waals surface area contributed by atoms with Gasteiger partial charge in [0, 0.05) is 46.4 Å². The number of unbranched alkanes of at least 4 members (excludes halogenated alkanes) is 5. The van der Waals surface area contributed by atoms with Crippen molar-refractivity contribution in [3.05, 3.63) is 35.9 Å². The molecule has 1 heterocycles. The van der Waals surface area contributed by atoms with E-state index in [1.54, 1.807) is 12.0 Å². The van der Waals surface area contributed by atoms with E-state index in [0.29, 0.717) is 32.5 Å². The summed E-state index contributed by atoms with van der Waals surface area (Å²) >= 11 is 0. The number of nitrogens with one attached hydrogen (secondary N) is 1. The fraction of sp³-hybridized carbons (Fsp3) is 0.680. The molecule has 0 aliphatic carbocycles. The predicted octanol–water partition coefficient (Wildman–Crippen LogP) is 3.21. The summed E-state index contributed by atoms with van der Waals surface area (Å²) in [5.41, 5.74) is 0.483. The molecule has 2 rings (SSSR count). The number of nitrogens with zero attached hydrogens (tertiary/aromatic N) is 2. The lowest BCUT2D eigenvalue weighted by Crippen LogP contribution is -2.61. The van der Waals surface area contributed by atoms with E-state index >= 15 is 0 Å². The molecule has 1 aliphatic rings. The van der Waals surface area contributed by atoms with Gasteiger partial charge in [-0.3, -0.25) is 4.90 Å². The van der Waals surface area contributed by atoms with Crippen molar-refractivity contribution in [2.75, 3.05) is 46.5 Å². The monoisotopic (exact) mass is 447 g/mol. The van der Waals surface area contributed by atoms with Crippen molar-refractivity contribution in [2.24, 2.45) is 0 Å². The van der Waals surface area contributed by atoms with Crippen LogP contribution in [-0.4, -0.2) is 79.3 Å². The van der Waals surface area contributed by atoms with Crippen LogP contribution in [0.15, 0.2) is 30.3 Å². The van der Waals surface area contributed by atoms with Gasteiger partial charge in [0.05, 0.1) is 6.61 Å². The SMILES string of the molecule is COCCN(C(=O)NCCCCCCCCO)C1(C=O)CCN(Cc2ccccc2)CC1. The summed E-state index contributed by atoms with van der Waals surface area (Å²) < 4.78 is 5.23. The first-order valence-corrected chi connectivity index (χ1v) is 12.0. The molecule has 180 valence electrons. The summed E-state index contributed by atoms with van der Waals surface area (Å²) in [6.07, 6.45) is 8.35. The summed E-state index contributed by atoms with van der Waals surface area (Å²) in [5, 5.41) is 11.8. The third-order valence-electron chi connectivity index (χ3n) is 6.35. The van der Waals surface area contributed by atoms with Gasteiger partial charge in [-0.05, 0) is 31.2 Å². The second-order valence-corrected chi connectivity index (χ2v) is 8.70. The van der Waals surface area contributed by atoms with Crippen LogP contribution < -0.4 is 5.32 Å². The molecule has 0 unspecified atom stereocenters. The van der Waals surface area contributed by atoms with Crippen LogP contribution in [-0.2, 0) is 16.1 Å². The molecule has 2 N–H and O–H groups in total. The molecular weight excluding hydrogens is 406 g/mol. The standard InChI is InChI=1S/C25H41N3O4/c1-32-20-18-28(24(31)26-15-9-4-2-3-5-10-19-29)25(22-30)13-16-27(17-14-25)21-23-11-7-6-8-12-23/h6-8,11-12,22,29H,2-5,9-10,13-21H2,1H3,(H,26,31). The second-order valence-electron chi connectivity index (χ2n) is 8.70. The summed E-state index contributed by atoms with van der Waals surface area (Å²) in [5.74, 6) is 0. The Morgan fingerprint density at radius 3 is 2.41 bits per heavy atom.